The highest BCUT2D eigenvalue weighted by Gasteiger charge is 2.31. The third kappa shape index (κ3) is 6.22. The number of aromatic nitrogens is 1. The van der Waals surface area contributed by atoms with Crippen molar-refractivity contribution in [3.05, 3.63) is 66.0 Å². The van der Waals surface area contributed by atoms with Gasteiger partial charge in [-0.25, -0.2) is 0 Å². The zero-order valence-electron chi connectivity index (χ0n) is 16.0. The summed E-state index contributed by atoms with van der Waals surface area (Å²) in [6.07, 6.45) is 7.55. The maximum absolute atomic E-state index is 12.5. The van der Waals surface area contributed by atoms with E-state index < -0.39 is 0 Å². The molecule has 1 fully saturated rings. The molecule has 0 unspecified atom stereocenters. The van der Waals surface area contributed by atoms with Gasteiger partial charge in [-0.2, -0.15) is 0 Å². The molecule has 0 saturated heterocycles. The van der Waals surface area contributed by atoms with E-state index in [1.165, 1.54) is 0 Å². The number of likely N-dealkylation sites (N-methyl/N-ethyl adjacent to an activating group) is 1. The predicted molar refractivity (Wildman–Crippen MR) is 107 cm³/mol. The zero-order valence-corrected chi connectivity index (χ0v) is 16.0. The fourth-order valence-electron chi connectivity index (χ4n) is 2.75. The van der Waals surface area contributed by atoms with Gasteiger partial charge >= 0.3 is 0 Å². The van der Waals surface area contributed by atoms with Crippen molar-refractivity contribution in [3.63, 3.8) is 0 Å². The molecule has 1 heterocycles. The molecule has 0 bridgehead atoms. The largest absolute Gasteiger partial charge is 0.487 e. The lowest BCUT2D eigenvalue weighted by molar-refractivity contribution is -0.126. The molecule has 1 aromatic carbocycles. The van der Waals surface area contributed by atoms with Gasteiger partial charge in [-0.1, -0.05) is 18.2 Å². The smallest absolute Gasteiger partial charge is 0.246 e. The van der Waals surface area contributed by atoms with Crippen LogP contribution in [0.2, 0.25) is 0 Å². The minimum absolute atomic E-state index is 0.0924. The second-order valence-electron chi connectivity index (χ2n) is 7.08. The van der Waals surface area contributed by atoms with Gasteiger partial charge in [-0.3, -0.25) is 9.78 Å². The Labute approximate surface area is 161 Å². The van der Waals surface area contributed by atoms with Crippen LogP contribution in [0.1, 0.15) is 24.1 Å². The summed E-state index contributed by atoms with van der Waals surface area (Å²) < 4.78 is 5.74. The van der Waals surface area contributed by atoms with Crippen LogP contribution in [0.25, 0.3) is 6.08 Å². The van der Waals surface area contributed by atoms with E-state index in [9.17, 15) is 4.79 Å². The van der Waals surface area contributed by atoms with Gasteiger partial charge in [0.25, 0.3) is 0 Å². The number of hydrogen-bond acceptors (Lipinski definition) is 4. The molecule has 1 saturated carbocycles. The molecular formula is C22H27N3O2. The van der Waals surface area contributed by atoms with Crippen molar-refractivity contribution in [2.75, 3.05) is 27.2 Å². The number of rotatable bonds is 9. The van der Waals surface area contributed by atoms with E-state index >= 15 is 0 Å². The standard InChI is InChI=1S/C22H27N3O2/c1-24(2)15-16-25(20-9-10-20)22(26)13-8-18-6-11-21(12-7-18)27-17-19-5-3-4-14-23-19/h3-8,11-14,20H,9-10,15-17H2,1-2H3. The van der Waals surface area contributed by atoms with Crippen LogP contribution in [0, 0.1) is 0 Å². The summed E-state index contributed by atoms with van der Waals surface area (Å²) in [4.78, 5) is 20.9. The molecule has 0 atom stereocenters. The van der Waals surface area contributed by atoms with Gasteiger partial charge in [0, 0.05) is 31.4 Å². The molecule has 1 aliphatic rings. The van der Waals surface area contributed by atoms with Crippen LogP contribution in [-0.4, -0.2) is 53.9 Å². The number of pyridine rings is 1. The maximum Gasteiger partial charge on any atom is 0.246 e. The fourth-order valence-corrected chi connectivity index (χ4v) is 2.75. The van der Waals surface area contributed by atoms with Crippen molar-refractivity contribution >= 4 is 12.0 Å². The SMILES string of the molecule is CN(C)CCN(C(=O)C=Cc1ccc(OCc2ccccn2)cc1)C1CC1. The first kappa shape index (κ1) is 19.1. The summed E-state index contributed by atoms with van der Waals surface area (Å²) in [5.74, 6) is 0.879. The summed E-state index contributed by atoms with van der Waals surface area (Å²) in [5.41, 5.74) is 1.88. The third-order valence-electron chi connectivity index (χ3n) is 4.47. The van der Waals surface area contributed by atoms with E-state index in [2.05, 4.69) is 9.88 Å². The first-order valence-corrected chi connectivity index (χ1v) is 9.38. The predicted octanol–water partition coefficient (Wildman–Crippen LogP) is 3.23. The maximum atomic E-state index is 12.5. The lowest BCUT2D eigenvalue weighted by Gasteiger charge is -2.22. The first-order chi connectivity index (χ1) is 13.1. The Hall–Kier alpha value is -2.66. The van der Waals surface area contributed by atoms with Crippen molar-refractivity contribution in [1.82, 2.24) is 14.8 Å². The molecule has 2 aromatic rings. The number of nitrogens with zero attached hydrogens (tertiary/aromatic N) is 3. The van der Waals surface area contributed by atoms with Crippen LogP contribution in [0.4, 0.5) is 0 Å². The minimum Gasteiger partial charge on any atom is -0.487 e. The van der Waals surface area contributed by atoms with Crippen LogP contribution in [0.5, 0.6) is 5.75 Å². The summed E-state index contributed by atoms with van der Waals surface area (Å²) in [6, 6.07) is 13.9. The second kappa shape index (κ2) is 9.33. The molecule has 27 heavy (non-hydrogen) atoms. The molecule has 5 nitrogen and oxygen atoms in total. The van der Waals surface area contributed by atoms with Crippen molar-refractivity contribution in [2.24, 2.45) is 0 Å². The van der Waals surface area contributed by atoms with Crippen molar-refractivity contribution < 1.29 is 9.53 Å². The number of hydrogen-bond donors (Lipinski definition) is 0. The monoisotopic (exact) mass is 365 g/mol. The molecule has 142 valence electrons. The number of benzene rings is 1. The Balaban J connectivity index is 1.52. The lowest BCUT2D eigenvalue weighted by atomic mass is 10.2. The minimum atomic E-state index is 0.0924. The molecule has 0 spiro atoms. The lowest BCUT2D eigenvalue weighted by Crippen LogP contribution is -2.37. The summed E-state index contributed by atoms with van der Waals surface area (Å²) in [7, 11) is 4.06. The van der Waals surface area contributed by atoms with Gasteiger partial charge in [0.2, 0.25) is 5.91 Å². The molecule has 3 rings (SSSR count). The van der Waals surface area contributed by atoms with Crippen molar-refractivity contribution in [1.29, 1.82) is 0 Å². The van der Waals surface area contributed by atoms with E-state index in [0.29, 0.717) is 12.6 Å². The van der Waals surface area contributed by atoms with E-state index in [-0.39, 0.29) is 5.91 Å². The van der Waals surface area contributed by atoms with Gasteiger partial charge in [-0.15, -0.1) is 0 Å². The summed E-state index contributed by atoms with van der Waals surface area (Å²) >= 11 is 0. The number of amides is 1. The molecule has 0 N–H and O–H groups in total. The van der Waals surface area contributed by atoms with Gasteiger partial charge < -0.3 is 14.5 Å². The van der Waals surface area contributed by atoms with Crippen molar-refractivity contribution in [2.45, 2.75) is 25.5 Å². The highest BCUT2D eigenvalue weighted by molar-refractivity contribution is 5.92. The first-order valence-electron chi connectivity index (χ1n) is 9.38. The molecule has 1 aliphatic carbocycles. The van der Waals surface area contributed by atoms with Crippen molar-refractivity contribution in [3.8, 4) is 5.75 Å². The molecule has 0 radical (unpaired) electrons. The molecule has 0 aliphatic heterocycles. The van der Waals surface area contributed by atoms with E-state index in [1.54, 1.807) is 12.3 Å². The Morgan fingerprint density at radius 3 is 2.56 bits per heavy atom. The highest BCUT2D eigenvalue weighted by atomic mass is 16.5. The Morgan fingerprint density at radius 1 is 1.15 bits per heavy atom. The number of carbonyl (C=O) groups is 1. The average Bonchev–Trinajstić information content (AvgIpc) is 3.51. The van der Waals surface area contributed by atoms with E-state index in [4.69, 9.17) is 4.74 Å². The summed E-state index contributed by atoms with van der Waals surface area (Å²) in [5, 5.41) is 0. The van der Waals surface area contributed by atoms with Gasteiger partial charge in [0.05, 0.1) is 5.69 Å². The number of carbonyl (C=O) groups excluding carboxylic acids is 1. The molecule has 1 amide bonds. The van der Waals surface area contributed by atoms with E-state index in [0.717, 1.165) is 42.9 Å². The average molecular weight is 365 g/mol. The van der Waals surface area contributed by atoms with Crippen LogP contribution in [0.3, 0.4) is 0 Å². The molecule has 1 aromatic heterocycles. The summed E-state index contributed by atoms with van der Waals surface area (Å²) in [6.45, 7) is 2.11. The van der Waals surface area contributed by atoms with Gasteiger partial charge in [0.15, 0.2) is 0 Å². The van der Waals surface area contributed by atoms with Crippen LogP contribution < -0.4 is 4.74 Å². The quantitative estimate of drug-likeness (QED) is 0.640. The second-order valence-corrected chi connectivity index (χ2v) is 7.08. The molecular weight excluding hydrogens is 338 g/mol. The highest BCUT2D eigenvalue weighted by Crippen LogP contribution is 2.27. The Bertz CT molecular complexity index is 753. The van der Waals surface area contributed by atoms with Crippen LogP contribution in [-0.2, 0) is 11.4 Å². The zero-order chi connectivity index (χ0) is 19.1. The Kier molecular flexibility index (Phi) is 6.60. The van der Waals surface area contributed by atoms with E-state index in [1.807, 2.05) is 67.5 Å². The third-order valence-corrected chi connectivity index (χ3v) is 4.47. The van der Waals surface area contributed by atoms with Crippen LogP contribution in [0.15, 0.2) is 54.7 Å². The van der Waals surface area contributed by atoms with Crippen LogP contribution >= 0.6 is 0 Å². The Morgan fingerprint density at radius 2 is 1.93 bits per heavy atom. The van der Waals surface area contributed by atoms with Gasteiger partial charge in [0.1, 0.15) is 12.4 Å². The normalized spacial score (nSPS) is 13.9. The molecule has 5 heteroatoms. The topological polar surface area (TPSA) is 45.7 Å². The van der Waals surface area contributed by atoms with Gasteiger partial charge in [-0.05, 0) is 62.8 Å². The fraction of sp³-hybridized carbons (Fsp3) is 0.364. The number of ether oxygens (including phenoxy) is 1.